The number of aliphatic hydroxyl groups is 1. The Morgan fingerprint density at radius 1 is 1.58 bits per heavy atom. The van der Waals surface area contributed by atoms with Crippen molar-refractivity contribution in [3.05, 3.63) is 28.2 Å². The smallest absolute Gasteiger partial charge is 0.260 e. The number of nitrogens with zero attached hydrogens (tertiary/aromatic N) is 1. The first-order chi connectivity index (χ1) is 9.06. The third-order valence-electron chi connectivity index (χ3n) is 3.19. The molecule has 1 heterocycles. The second-order valence-electron chi connectivity index (χ2n) is 4.86. The molecule has 104 valence electrons. The molecule has 0 saturated carbocycles. The summed E-state index contributed by atoms with van der Waals surface area (Å²) in [6.07, 6.45) is 1.22. The summed E-state index contributed by atoms with van der Waals surface area (Å²) in [4.78, 5) is 13.6. The van der Waals surface area contributed by atoms with Crippen molar-refractivity contribution in [3.8, 4) is 5.75 Å². The van der Waals surface area contributed by atoms with Crippen molar-refractivity contribution in [2.24, 2.45) is 0 Å². The summed E-state index contributed by atoms with van der Waals surface area (Å²) in [6, 6.07) is 5.73. The van der Waals surface area contributed by atoms with Crippen LogP contribution < -0.4 is 4.74 Å². The van der Waals surface area contributed by atoms with E-state index in [0.717, 1.165) is 22.9 Å². The Morgan fingerprint density at radius 3 is 3.05 bits per heavy atom. The second-order valence-corrected chi connectivity index (χ2v) is 5.71. The Morgan fingerprint density at radius 2 is 2.37 bits per heavy atom. The molecule has 1 fully saturated rings. The normalized spacial score (nSPS) is 19.3. The highest BCUT2D eigenvalue weighted by Crippen LogP contribution is 2.25. The largest absolute Gasteiger partial charge is 0.483 e. The van der Waals surface area contributed by atoms with Gasteiger partial charge < -0.3 is 14.7 Å². The maximum absolute atomic E-state index is 12.0. The molecule has 5 heteroatoms. The van der Waals surface area contributed by atoms with Crippen LogP contribution in [0.1, 0.15) is 18.4 Å². The Hall–Kier alpha value is -1.07. The minimum absolute atomic E-state index is 0.00831. The summed E-state index contributed by atoms with van der Waals surface area (Å²) in [5.74, 6) is 0.586. The molecule has 1 aromatic carbocycles. The van der Waals surface area contributed by atoms with E-state index in [0.29, 0.717) is 18.8 Å². The molecule has 19 heavy (non-hydrogen) atoms. The highest BCUT2D eigenvalue weighted by atomic mass is 79.9. The summed E-state index contributed by atoms with van der Waals surface area (Å²) in [6.45, 7) is 3.12. The fraction of sp³-hybridized carbons (Fsp3) is 0.500. The van der Waals surface area contributed by atoms with Crippen LogP contribution in [-0.4, -0.2) is 41.7 Å². The number of β-amino-alcohol motifs (C(OH)–C–C–N with tert-alkyl or cyclic N) is 1. The van der Waals surface area contributed by atoms with Gasteiger partial charge in [-0.05, 0) is 53.4 Å². The highest BCUT2D eigenvalue weighted by molar-refractivity contribution is 9.10. The van der Waals surface area contributed by atoms with E-state index in [-0.39, 0.29) is 12.5 Å². The van der Waals surface area contributed by atoms with Crippen LogP contribution in [0, 0.1) is 6.92 Å². The number of carbonyl (C=O) groups excluding carboxylic acids is 1. The molecule has 1 saturated heterocycles. The molecule has 0 spiro atoms. The molecule has 0 aromatic heterocycles. The zero-order chi connectivity index (χ0) is 13.8. The van der Waals surface area contributed by atoms with Crippen molar-refractivity contribution in [1.29, 1.82) is 0 Å². The number of hydrogen-bond donors (Lipinski definition) is 1. The zero-order valence-corrected chi connectivity index (χ0v) is 12.5. The molecular weight excluding hydrogens is 310 g/mol. The predicted octanol–water partition coefficient (Wildman–Crippen LogP) is 2.12. The molecule has 1 atom stereocenters. The third kappa shape index (κ3) is 3.94. The quantitative estimate of drug-likeness (QED) is 0.925. The summed E-state index contributed by atoms with van der Waals surface area (Å²) in [5.41, 5.74) is 1.13. The molecule has 2 rings (SSSR count). The number of halogens is 1. The molecule has 1 aromatic rings. The topological polar surface area (TPSA) is 49.8 Å². The number of aryl methyl sites for hydroxylation is 1. The lowest BCUT2D eigenvalue weighted by molar-refractivity contribution is -0.136. The van der Waals surface area contributed by atoms with Gasteiger partial charge in [-0.3, -0.25) is 4.79 Å². The van der Waals surface area contributed by atoms with Crippen molar-refractivity contribution < 1.29 is 14.6 Å². The predicted molar refractivity (Wildman–Crippen MR) is 76.2 cm³/mol. The summed E-state index contributed by atoms with van der Waals surface area (Å²) in [7, 11) is 0. The van der Waals surface area contributed by atoms with E-state index in [1.807, 2.05) is 25.1 Å². The molecule has 0 radical (unpaired) electrons. The number of piperidine rings is 1. The molecule has 1 N–H and O–H groups in total. The Labute approximate surface area is 121 Å². The van der Waals surface area contributed by atoms with Gasteiger partial charge in [0.05, 0.1) is 10.6 Å². The van der Waals surface area contributed by atoms with E-state index in [9.17, 15) is 9.90 Å². The SMILES string of the molecule is Cc1ccc(OCC(=O)N2CCC[C@H](O)C2)c(Br)c1. The third-order valence-corrected chi connectivity index (χ3v) is 3.81. The minimum Gasteiger partial charge on any atom is -0.483 e. The second kappa shape index (κ2) is 6.39. The number of amides is 1. The van der Waals surface area contributed by atoms with Gasteiger partial charge in [-0.1, -0.05) is 6.07 Å². The van der Waals surface area contributed by atoms with E-state index >= 15 is 0 Å². The van der Waals surface area contributed by atoms with Crippen LogP contribution in [0.25, 0.3) is 0 Å². The molecule has 0 unspecified atom stereocenters. The van der Waals surface area contributed by atoms with Crippen molar-refractivity contribution in [2.75, 3.05) is 19.7 Å². The van der Waals surface area contributed by atoms with Gasteiger partial charge >= 0.3 is 0 Å². The standard InChI is InChI=1S/C14H18BrNO3/c1-10-4-5-13(12(15)7-10)19-9-14(18)16-6-2-3-11(17)8-16/h4-5,7,11,17H,2-3,6,8-9H2,1H3/t11-/m0/s1. The van der Waals surface area contributed by atoms with Crippen LogP contribution >= 0.6 is 15.9 Å². The van der Waals surface area contributed by atoms with E-state index in [1.165, 1.54) is 0 Å². The molecular formula is C14H18BrNO3. The summed E-state index contributed by atoms with van der Waals surface area (Å²) in [5, 5.41) is 9.55. The number of hydrogen-bond acceptors (Lipinski definition) is 3. The summed E-state index contributed by atoms with van der Waals surface area (Å²) >= 11 is 3.41. The van der Waals surface area contributed by atoms with Crippen molar-refractivity contribution in [3.63, 3.8) is 0 Å². The van der Waals surface area contributed by atoms with Gasteiger partial charge in [-0.25, -0.2) is 0 Å². The van der Waals surface area contributed by atoms with Crippen molar-refractivity contribution >= 4 is 21.8 Å². The fourth-order valence-corrected chi connectivity index (χ4v) is 2.74. The van der Waals surface area contributed by atoms with E-state index in [4.69, 9.17) is 4.74 Å². The van der Waals surface area contributed by atoms with Gasteiger partial charge in [0.15, 0.2) is 6.61 Å². The van der Waals surface area contributed by atoms with Gasteiger partial charge in [0.2, 0.25) is 0 Å². The average Bonchev–Trinajstić information content (AvgIpc) is 2.37. The zero-order valence-electron chi connectivity index (χ0n) is 10.9. The van der Waals surface area contributed by atoms with Crippen LogP contribution in [0.4, 0.5) is 0 Å². The number of carbonyl (C=O) groups is 1. The van der Waals surface area contributed by atoms with Gasteiger partial charge in [-0.15, -0.1) is 0 Å². The number of aliphatic hydroxyl groups excluding tert-OH is 1. The average molecular weight is 328 g/mol. The highest BCUT2D eigenvalue weighted by Gasteiger charge is 2.22. The van der Waals surface area contributed by atoms with E-state index in [1.54, 1.807) is 4.90 Å². The lowest BCUT2D eigenvalue weighted by atomic mass is 10.1. The summed E-state index contributed by atoms with van der Waals surface area (Å²) < 4.78 is 6.37. The molecule has 0 bridgehead atoms. The maximum Gasteiger partial charge on any atom is 0.260 e. The van der Waals surface area contributed by atoms with Gasteiger partial charge in [0.25, 0.3) is 5.91 Å². The van der Waals surface area contributed by atoms with Crippen LogP contribution in [0.2, 0.25) is 0 Å². The molecule has 1 aliphatic heterocycles. The van der Waals surface area contributed by atoms with Gasteiger partial charge in [0.1, 0.15) is 5.75 Å². The number of rotatable bonds is 3. The molecule has 1 aliphatic rings. The molecule has 1 amide bonds. The Bertz CT molecular complexity index is 464. The van der Waals surface area contributed by atoms with Crippen LogP contribution in [-0.2, 0) is 4.79 Å². The molecule has 0 aliphatic carbocycles. The number of ether oxygens (including phenoxy) is 1. The number of likely N-dealkylation sites (tertiary alicyclic amines) is 1. The Kier molecular flexibility index (Phi) is 4.82. The van der Waals surface area contributed by atoms with Gasteiger partial charge in [0, 0.05) is 13.1 Å². The van der Waals surface area contributed by atoms with Crippen LogP contribution in [0.15, 0.2) is 22.7 Å². The monoisotopic (exact) mass is 327 g/mol. The maximum atomic E-state index is 12.0. The van der Waals surface area contributed by atoms with Crippen LogP contribution in [0.5, 0.6) is 5.75 Å². The van der Waals surface area contributed by atoms with Gasteiger partial charge in [-0.2, -0.15) is 0 Å². The first kappa shape index (κ1) is 14.3. The lowest BCUT2D eigenvalue weighted by Crippen LogP contribution is -2.44. The lowest BCUT2D eigenvalue weighted by Gasteiger charge is -2.30. The van der Waals surface area contributed by atoms with E-state index < -0.39 is 6.10 Å². The van der Waals surface area contributed by atoms with E-state index in [2.05, 4.69) is 15.9 Å². The number of benzene rings is 1. The minimum atomic E-state index is -0.399. The van der Waals surface area contributed by atoms with Crippen LogP contribution in [0.3, 0.4) is 0 Å². The van der Waals surface area contributed by atoms with Crippen molar-refractivity contribution in [2.45, 2.75) is 25.9 Å². The first-order valence-electron chi connectivity index (χ1n) is 6.41. The fourth-order valence-electron chi connectivity index (χ4n) is 2.13. The molecule has 4 nitrogen and oxygen atoms in total. The first-order valence-corrected chi connectivity index (χ1v) is 7.20. The Balaban J connectivity index is 1.89. The van der Waals surface area contributed by atoms with Crippen molar-refractivity contribution in [1.82, 2.24) is 4.90 Å².